The summed E-state index contributed by atoms with van der Waals surface area (Å²) in [7, 11) is 0. The summed E-state index contributed by atoms with van der Waals surface area (Å²) in [6.07, 6.45) is 0.126. The Balaban J connectivity index is 1.45. The van der Waals surface area contributed by atoms with Gasteiger partial charge in [-0.1, -0.05) is 30.3 Å². The molecule has 0 atom stereocenters. The largest absolute Gasteiger partial charge is 0.418 e. The average Bonchev–Trinajstić information content (AvgIpc) is 3.32. The number of fused-ring (bicyclic) bond motifs is 1. The van der Waals surface area contributed by atoms with Crippen LogP contribution in [-0.2, 0) is 19.1 Å². The number of hydrogen-bond acceptors (Lipinski definition) is 1. The summed E-state index contributed by atoms with van der Waals surface area (Å²) in [6.45, 7) is 1.22. The number of alkyl halides is 3. The van der Waals surface area contributed by atoms with Gasteiger partial charge >= 0.3 is 6.18 Å². The Hall–Kier alpha value is -2.99. The molecule has 0 saturated heterocycles. The van der Waals surface area contributed by atoms with E-state index in [0.717, 1.165) is 30.2 Å². The van der Waals surface area contributed by atoms with Gasteiger partial charge in [-0.3, -0.25) is 0 Å². The number of H-pyrrole nitrogens is 1. The lowest BCUT2D eigenvalue weighted by Crippen LogP contribution is -2.19. The first-order chi connectivity index (χ1) is 13.5. The van der Waals surface area contributed by atoms with Gasteiger partial charge in [-0.05, 0) is 48.9 Å². The number of halogens is 3. The number of nitrogens with zero attached hydrogens (tertiary/aromatic N) is 1. The zero-order valence-electron chi connectivity index (χ0n) is 15.1. The second-order valence-corrected chi connectivity index (χ2v) is 6.67. The number of benzene rings is 2. The Morgan fingerprint density at radius 2 is 1.71 bits per heavy atom. The van der Waals surface area contributed by atoms with Crippen molar-refractivity contribution in [2.45, 2.75) is 19.1 Å². The number of aromatic amines is 1. The van der Waals surface area contributed by atoms with Crippen molar-refractivity contribution in [3.63, 3.8) is 0 Å². The Bertz CT molecular complexity index is 1080. The maximum atomic E-state index is 13.3. The Kier molecular flexibility index (Phi) is 4.96. The van der Waals surface area contributed by atoms with E-state index in [1.54, 1.807) is 22.9 Å². The van der Waals surface area contributed by atoms with E-state index in [1.165, 1.54) is 23.1 Å². The van der Waals surface area contributed by atoms with Crippen LogP contribution in [0.5, 0.6) is 0 Å². The van der Waals surface area contributed by atoms with Crippen molar-refractivity contribution in [3.8, 4) is 5.69 Å². The summed E-state index contributed by atoms with van der Waals surface area (Å²) in [5, 5.41) is 4.54. The highest BCUT2D eigenvalue weighted by atomic mass is 19.4. The zero-order valence-corrected chi connectivity index (χ0v) is 15.1. The fourth-order valence-corrected chi connectivity index (χ4v) is 3.50. The standard InChI is InChI=1S/C22H20F3N3/c23-22(24,25)19-8-2-4-10-21(19)28-13-5-6-17(28)15-26-12-11-16-14-27-20-9-3-1-7-18(16)20/h1-10,13-14,26-27H,11-12,15H2. The van der Waals surface area contributed by atoms with Gasteiger partial charge < -0.3 is 14.9 Å². The Labute approximate surface area is 160 Å². The molecule has 3 nitrogen and oxygen atoms in total. The number of nitrogens with one attached hydrogen (secondary N) is 2. The molecule has 28 heavy (non-hydrogen) atoms. The maximum absolute atomic E-state index is 13.3. The molecule has 0 aliphatic rings. The van der Waals surface area contributed by atoms with Crippen LogP contribution in [0.3, 0.4) is 0 Å². The molecule has 2 N–H and O–H groups in total. The van der Waals surface area contributed by atoms with Crippen LogP contribution >= 0.6 is 0 Å². The predicted octanol–water partition coefficient (Wildman–Crippen LogP) is 5.31. The van der Waals surface area contributed by atoms with Crippen LogP contribution in [0, 0.1) is 0 Å². The Morgan fingerprint density at radius 3 is 2.57 bits per heavy atom. The molecule has 0 aliphatic heterocycles. The van der Waals surface area contributed by atoms with Crippen molar-refractivity contribution in [2.75, 3.05) is 6.54 Å². The minimum Gasteiger partial charge on any atom is -0.361 e. The second-order valence-electron chi connectivity index (χ2n) is 6.67. The molecule has 0 bridgehead atoms. The van der Waals surface area contributed by atoms with Crippen molar-refractivity contribution in [3.05, 3.63) is 89.9 Å². The summed E-state index contributed by atoms with van der Waals surface area (Å²) >= 11 is 0. The van der Waals surface area contributed by atoms with E-state index in [-0.39, 0.29) is 5.69 Å². The SMILES string of the molecule is FC(F)(F)c1ccccc1-n1cccc1CNCCc1c[nH]c2ccccc12. The van der Waals surface area contributed by atoms with Crippen molar-refractivity contribution < 1.29 is 13.2 Å². The average molecular weight is 383 g/mol. The molecule has 2 aromatic carbocycles. The normalized spacial score (nSPS) is 12.0. The first-order valence-corrected chi connectivity index (χ1v) is 9.12. The van der Waals surface area contributed by atoms with E-state index in [2.05, 4.69) is 16.4 Å². The van der Waals surface area contributed by atoms with Gasteiger partial charge in [0.05, 0.1) is 11.3 Å². The molecule has 144 valence electrons. The number of hydrogen-bond donors (Lipinski definition) is 2. The number of para-hydroxylation sites is 2. The van der Waals surface area contributed by atoms with E-state index in [9.17, 15) is 13.2 Å². The molecule has 0 amide bonds. The number of aromatic nitrogens is 2. The lowest BCUT2D eigenvalue weighted by molar-refractivity contribution is -0.137. The van der Waals surface area contributed by atoms with Crippen LogP contribution in [0.1, 0.15) is 16.8 Å². The van der Waals surface area contributed by atoms with Crippen LogP contribution in [-0.4, -0.2) is 16.1 Å². The molecular weight excluding hydrogens is 363 g/mol. The molecule has 0 radical (unpaired) electrons. The smallest absolute Gasteiger partial charge is 0.361 e. The first kappa shape index (κ1) is 18.4. The van der Waals surface area contributed by atoms with Gasteiger partial charge in [-0.15, -0.1) is 0 Å². The van der Waals surface area contributed by atoms with Crippen molar-refractivity contribution >= 4 is 10.9 Å². The Morgan fingerprint density at radius 1 is 0.929 bits per heavy atom. The fourth-order valence-electron chi connectivity index (χ4n) is 3.50. The first-order valence-electron chi connectivity index (χ1n) is 9.12. The third-order valence-corrected chi connectivity index (χ3v) is 4.85. The van der Waals surface area contributed by atoms with E-state index < -0.39 is 11.7 Å². The summed E-state index contributed by atoms with van der Waals surface area (Å²) in [4.78, 5) is 3.26. The maximum Gasteiger partial charge on any atom is 0.418 e. The lowest BCUT2D eigenvalue weighted by atomic mass is 10.1. The minimum atomic E-state index is -4.39. The molecule has 2 aromatic heterocycles. The van der Waals surface area contributed by atoms with Crippen molar-refractivity contribution in [1.29, 1.82) is 0 Å². The monoisotopic (exact) mass is 383 g/mol. The molecule has 0 spiro atoms. The third kappa shape index (κ3) is 3.68. The van der Waals surface area contributed by atoms with Gasteiger partial charge in [-0.2, -0.15) is 13.2 Å². The van der Waals surface area contributed by atoms with Crippen LogP contribution in [0.2, 0.25) is 0 Å². The highest BCUT2D eigenvalue weighted by Crippen LogP contribution is 2.34. The molecule has 6 heteroatoms. The fraction of sp³-hybridized carbons (Fsp3) is 0.182. The van der Waals surface area contributed by atoms with Crippen LogP contribution < -0.4 is 5.32 Å². The van der Waals surface area contributed by atoms with Crippen LogP contribution in [0.25, 0.3) is 16.6 Å². The topological polar surface area (TPSA) is 32.8 Å². The van der Waals surface area contributed by atoms with Gasteiger partial charge in [0.15, 0.2) is 0 Å². The minimum absolute atomic E-state index is 0.147. The van der Waals surface area contributed by atoms with E-state index in [0.29, 0.717) is 6.54 Å². The summed E-state index contributed by atoms with van der Waals surface area (Å²) in [5.74, 6) is 0. The van der Waals surface area contributed by atoms with E-state index in [1.807, 2.05) is 30.5 Å². The quantitative estimate of drug-likeness (QED) is 0.435. The van der Waals surface area contributed by atoms with E-state index >= 15 is 0 Å². The molecule has 0 aliphatic carbocycles. The highest BCUT2D eigenvalue weighted by Gasteiger charge is 2.33. The zero-order chi connectivity index (χ0) is 19.6. The molecule has 4 rings (SSSR count). The molecule has 0 unspecified atom stereocenters. The summed E-state index contributed by atoms with van der Waals surface area (Å²) < 4.78 is 41.6. The van der Waals surface area contributed by atoms with Crippen molar-refractivity contribution in [1.82, 2.24) is 14.9 Å². The molecule has 4 aromatic rings. The predicted molar refractivity (Wildman–Crippen MR) is 104 cm³/mol. The highest BCUT2D eigenvalue weighted by molar-refractivity contribution is 5.83. The second kappa shape index (κ2) is 7.56. The summed E-state index contributed by atoms with van der Waals surface area (Å²) in [6, 6.07) is 17.4. The molecule has 2 heterocycles. The van der Waals surface area contributed by atoms with Crippen LogP contribution in [0.15, 0.2) is 73.1 Å². The van der Waals surface area contributed by atoms with Gasteiger partial charge in [0.25, 0.3) is 0 Å². The lowest BCUT2D eigenvalue weighted by Gasteiger charge is -2.16. The molecule has 0 fully saturated rings. The van der Waals surface area contributed by atoms with Gasteiger partial charge in [0, 0.05) is 35.5 Å². The van der Waals surface area contributed by atoms with Gasteiger partial charge in [-0.25, -0.2) is 0 Å². The van der Waals surface area contributed by atoms with E-state index in [4.69, 9.17) is 0 Å². The van der Waals surface area contributed by atoms with Gasteiger partial charge in [0.2, 0.25) is 0 Å². The molecular formula is C22H20F3N3. The van der Waals surface area contributed by atoms with Gasteiger partial charge in [0.1, 0.15) is 0 Å². The van der Waals surface area contributed by atoms with Crippen LogP contribution in [0.4, 0.5) is 13.2 Å². The molecule has 0 saturated carbocycles. The van der Waals surface area contributed by atoms with Crippen molar-refractivity contribution in [2.24, 2.45) is 0 Å². The number of rotatable bonds is 6. The third-order valence-electron chi connectivity index (χ3n) is 4.85. The summed E-state index contributed by atoms with van der Waals surface area (Å²) in [5.41, 5.74) is 2.63.